The number of methoxy groups -OCH3 is 2. The molecule has 1 fully saturated rings. The molecule has 1 amide bonds. The van der Waals surface area contributed by atoms with Crippen molar-refractivity contribution in [3.05, 3.63) is 18.2 Å². The van der Waals surface area contributed by atoms with E-state index in [0.717, 1.165) is 4.31 Å². The highest BCUT2D eigenvalue weighted by Gasteiger charge is 2.40. The zero-order valence-corrected chi connectivity index (χ0v) is 16.6. The summed E-state index contributed by atoms with van der Waals surface area (Å²) in [4.78, 5) is 23.5. The van der Waals surface area contributed by atoms with Crippen molar-refractivity contribution in [2.45, 2.75) is 29.8 Å². The molecule has 2 rings (SSSR count). The molecule has 1 aromatic carbocycles. The number of carboxylic acids is 1. The summed E-state index contributed by atoms with van der Waals surface area (Å²) in [5.41, 5.74) is 0. The molecule has 2 N–H and O–H groups in total. The number of carbonyl (C=O) groups excluding carboxylic acids is 1. The van der Waals surface area contributed by atoms with Gasteiger partial charge in [0.1, 0.15) is 12.1 Å². The van der Waals surface area contributed by atoms with Crippen LogP contribution < -0.4 is 14.8 Å². The Morgan fingerprint density at radius 2 is 2.00 bits per heavy atom. The lowest BCUT2D eigenvalue weighted by Gasteiger charge is -2.25. The van der Waals surface area contributed by atoms with Crippen LogP contribution in [-0.2, 0) is 19.6 Å². The van der Waals surface area contributed by atoms with Crippen molar-refractivity contribution in [2.75, 3.05) is 26.5 Å². The number of hydrogen-bond donors (Lipinski definition) is 3. The van der Waals surface area contributed by atoms with Crippen molar-refractivity contribution in [3.63, 3.8) is 0 Å². The maximum Gasteiger partial charge on any atom is 0.327 e. The van der Waals surface area contributed by atoms with Gasteiger partial charge in [0.2, 0.25) is 15.9 Å². The fourth-order valence-corrected chi connectivity index (χ4v) is 4.78. The van der Waals surface area contributed by atoms with Crippen LogP contribution in [0.1, 0.15) is 12.8 Å². The van der Waals surface area contributed by atoms with Gasteiger partial charge in [-0.15, -0.1) is 0 Å². The van der Waals surface area contributed by atoms with E-state index in [-0.39, 0.29) is 22.9 Å². The van der Waals surface area contributed by atoms with Gasteiger partial charge in [-0.25, -0.2) is 13.2 Å². The summed E-state index contributed by atoms with van der Waals surface area (Å²) in [7, 11) is -1.15. The average molecular weight is 418 g/mol. The molecule has 0 bridgehead atoms. The fraction of sp³-hybridized carbons (Fsp3) is 0.500. The standard InChI is InChI=1S/C16H22N2O7S2/c1-24-13-6-5-10(8-14(13)25-2)27(22,23)18-7-3-4-12(18)15(19)17-11(9-26)16(20)21/h5-6,8,11-12,26H,3-4,7,9H2,1-2H3,(H,17,19)(H,20,21). The van der Waals surface area contributed by atoms with Gasteiger partial charge in [0.05, 0.1) is 19.1 Å². The van der Waals surface area contributed by atoms with Crippen LogP contribution in [0.4, 0.5) is 0 Å². The number of carbonyl (C=O) groups is 2. The summed E-state index contributed by atoms with van der Waals surface area (Å²) in [6.45, 7) is 0.160. The second kappa shape index (κ2) is 8.81. The molecule has 1 aliphatic rings. The Labute approximate surface area is 163 Å². The third-order valence-electron chi connectivity index (χ3n) is 4.27. The number of nitrogens with one attached hydrogen (secondary N) is 1. The molecule has 0 aliphatic carbocycles. The lowest BCUT2D eigenvalue weighted by Crippen LogP contribution is -2.51. The minimum Gasteiger partial charge on any atom is -0.493 e. The van der Waals surface area contributed by atoms with Gasteiger partial charge in [-0.05, 0) is 25.0 Å². The normalized spacial score (nSPS) is 18.7. The van der Waals surface area contributed by atoms with Crippen molar-refractivity contribution < 1.29 is 32.6 Å². The summed E-state index contributed by atoms with van der Waals surface area (Å²) in [5.74, 6) is -1.36. The zero-order chi connectivity index (χ0) is 20.2. The molecule has 9 nitrogen and oxygen atoms in total. The molecule has 150 valence electrons. The molecule has 2 atom stereocenters. The summed E-state index contributed by atoms with van der Waals surface area (Å²) in [6.07, 6.45) is 0.792. The number of thiol groups is 1. The SMILES string of the molecule is COc1ccc(S(=O)(=O)N2CCCC2C(=O)NC(CS)C(=O)O)cc1OC. The Balaban J connectivity index is 2.29. The summed E-state index contributed by atoms with van der Waals surface area (Å²) < 4.78 is 37.4. The Morgan fingerprint density at radius 3 is 2.56 bits per heavy atom. The first-order valence-corrected chi connectivity index (χ1v) is 10.2. The first-order chi connectivity index (χ1) is 12.8. The topological polar surface area (TPSA) is 122 Å². The van der Waals surface area contributed by atoms with Gasteiger partial charge in [-0.3, -0.25) is 4.79 Å². The molecular weight excluding hydrogens is 396 g/mol. The Kier molecular flexibility index (Phi) is 6.95. The van der Waals surface area contributed by atoms with Crippen LogP contribution >= 0.6 is 12.6 Å². The van der Waals surface area contributed by atoms with E-state index in [1.165, 1.54) is 32.4 Å². The van der Waals surface area contributed by atoms with E-state index in [1.807, 2.05) is 0 Å². The number of sulfonamides is 1. The predicted octanol–water partition coefficient (Wildman–Crippen LogP) is 0.356. The van der Waals surface area contributed by atoms with Gasteiger partial charge in [-0.2, -0.15) is 16.9 Å². The van der Waals surface area contributed by atoms with Gasteiger partial charge in [0.15, 0.2) is 11.5 Å². The maximum atomic E-state index is 13.0. The van der Waals surface area contributed by atoms with E-state index in [4.69, 9.17) is 14.6 Å². The monoisotopic (exact) mass is 418 g/mol. The first-order valence-electron chi connectivity index (χ1n) is 8.14. The minimum atomic E-state index is -3.98. The number of aliphatic carboxylic acids is 1. The summed E-state index contributed by atoms with van der Waals surface area (Å²) in [5, 5.41) is 11.4. The van der Waals surface area contributed by atoms with Gasteiger partial charge < -0.3 is 19.9 Å². The largest absolute Gasteiger partial charge is 0.493 e. The van der Waals surface area contributed by atoms with Crippen LogP contribution in [0.3, 0.4) is 0 Å². The number of nitrogens with zero attached hydrogens (tertiary/aromatic N) is 1. The van der Waals surface area contributed by atoms with E-state index in [1.54, 1.807) is 0 Å². The quantitative estimate of drug-likeness (QED) is 0.521. The number of amides is 1. The van der Waals surface area contributed by atoms with Gasteiger partial charge in [0.25, 0.3) is 0 Å². The second-order valence-corrected chi connectivity index (χ2v) is 8.13. The number of benzene rings is 1. The third-order valence-corrected chi connectivity index (χ3v) is 6.53. The number of rotatable bonds is 8. The Morgan fingerprint density at radius 1 is 1.33 bits per heavy atom. The molecule has 1 aromatic rings. The van der Waals surface area contributed by atoms with Crippen molar-refractivity contribution in [2.24, 2.45) is 0 Å². The lowest BCUT2D eigenvalue weighted by molar-refractivity contribution is -0.141. The van der Waals surface area contributed by atoms with E-state index in [0.29, 0.717) is 18.6 Å². The summed E-state index contributed by atoms with van der Waals surface area (Å²) in [6, 6.07) is 2.00. The molecule has 0 radical (unpaired) electrons. The maximum absolute atomic E-state index is 13.0. The van der Waals surface area contributed by atoms with Crippen molar-refractivity contribution in [1.29, 1.82) is 0 Å². The average Bonchev–Trinajstić information content (AvgIpc) is 3.15. The number of ether oxygens (including phenoxy) is 2. The predicted molar refractivity (Wildman–Crippen MR) is 99.9 cm³/mol. The Bertz CT molecular complexity index is 813. The van der Waals surface area contributed by atoms with Crippen molar-refractivity contribution in [1.82, 2.24) is 9.62 Å². The highest BCUT2D eigenvalue weighted by molar-refractivity contribution is 7.89. The molecule has 0 aromatic heterocycles. The van der Waals surface area contributed by atoms with Crippen LogP contribution in [0.2, 0.25) is 0 Å². The highest BCUT2D eigenvalue weighted by Crippen LogP contribution is 2.33. The number of carboxylic acid groups (broad SMARTS) is 1. The van der Waals surface area contributed by atoms with Crippen LogP contribution in [0, 0.1) is 0 Å². The molecule has 27 heavy (non-hydrogen) atoms. The molecule has 1 saturated heterocycles. The van der Waals surface area contributed by atoms with Crippen molar-refractivity contribution in [3.8, 4) is 11.5 Å². The molecule has 0 spiro atoms. The smallest absolute Gasteiger partial charge is 0.327 e. The Hall–Kier alpha value is -1.98. The van der Waals surface area contributed by atoms with Crippen molar-refractivity contribution >= 4 is 34.5 Å². The van der Waals surface area contributed by atoms with E-state index >= 15 is 0 Å². The second-order valence-electron chi connectivity index (χ2n) is 5.87. The molecule has 0 saturated carbocycles. The van der Waals surface area contributed by atoms with Gasteiger partial charge >= 0.3 is 5.97 Å². The number of hydrogen-bond acceptors (Lipinski definition) is 7. The van der Waals surface area contributed by atoms with Gasteiger partial charge in [-0.1, -0.05) is 0 Å². The molecular formula is C16H22N2O7S2. The molecule has 1 aliphatic heterocycles. The van der Waals surface area contributed by atoms with Crippen LogP contribution in [-0.4, -0.2) is 68.3 Å². The van der Waals surface area contributed by atoms with Gasteiger partial charge in [0, 0.05) is 18.4 Å². The van der Waals surface area contributed by atoms with E-state index in [2.05, 4.69) is 17.9 Å². The molecule has 1 heterocycles. The molecule has 2 unspecified atom stereocenters. The van der Waals surface area contributed by atoms with E-state index < -0.39 is 34.0 Å². The highest BCUT2D eigenvalue weighted by atomic mass is 32.2. The third kappa shape index (κ3) is 4.47. The summed E-state index contributed by atoms with van der Waals surface area (Å²) >= 11 is 3.90. The van der Waals surface area contributed by atoms with Crippen LogP contribution in [0.5, 0.6) is 11.5 Å². The first kappa shape index (κ1) is 21.3. The minimum absolute atomic E-state index is 0.0381. The fourth-order valence-electron chi connectivity index (χ4n) is 2.86. The lowest BCUT2D eigenvalue weighted by atomic mass is 10.2. The zero-order valence-electron chi connectivity index (χ0n) is 14.9. The van der Waals surface area contributed by atoms with Crippen LogP contribution in [0.15, 0.2) is 23.1 Å². The van der Waals surface area contributed by atoms with Crippen LogP contribution in [0.25, 0.3) is 0 Å². The van der Waals surface area contributed by atoms with E-state index in [9.17, 15) is 18.0 Å². The molecule has 11 heteroatoms.